The molecule has 4 nitrogen and oxygen atoms in total. The highest BCUT2D eigenvalue weighted by atomic mass is 28.4. The molecule has 1 unspecified atom stereocenters. The first kappa shape index (κ1) is 18.8. The zero-order valence-corrected chi connectivity index (χ0v) is 15.3. The zero-order valence-electron chi connectivity index (χ0n) is 14.3. The van der Waals surface area contributed by atoms with Crippen molar-refractivity contribution < 1.29 is 19.4 Å². The fourth-order valence-electron chi connectivity index (χ4n) is 2.34. The lowest BCUT2D eigenvalue weighted by molar-refractivity contribution is -0.184. The molecular formula is C16H32O4Si. The van der Waals surface area contributed by atoms with Crippen molar-refractivity contribution in [3.63, 3.8) is 0 Å². The van der Waals surface area contributed by atoms with Crippen LogP contribution in [0.1, 0.15) is 34.1 Å². The minimum Gasteiger partial charge on any atom is -0.411 e. The summed E-state index contributed by atoms with van der Waals surface area (Å²) < 4.78 is 12.4. The molecular weight excluding hydrogens is 284 g/mol. The molecule has 0 saturated carbocycles. The van der Waals surface area contributed by atoms with E-state index < -0.39 is 20.5 Å². The van der Waals surface area contributed by atoms with Crippen LogP contribution >= 0.6 is 0 Å². The molecule has 0 aromatic heterocycles. The van der Waals surface area contributed by atoms with Crippen molar-refractivity contribution in [3.05, 3.63) is 12.7 Å². The monoisotopic (exact) mass is 316 g/mol. The van der Waals surface area contributed by atoms with Crippen molar-refractivity contribution in [2.75, 3.05) is 6.61 Å². The molecule has 124 valence electrons. The third-order valence-corrected chi connectivity index (χ3v) is 9.43. The van der Waals surface area contributed by atoms with Crippen LogP contribution in [0.3, 0.4) is 0 Å². The van der Waals surface area contributed by atoms with Crippen LogP contribution in [-0.2, 0) is 9.16 Å². The largest absolute Gasteiger partial charge is 0.411 e. The Morgan fingerprint density at radius 3 is 2.43 bits per heavy atom. The van der Waals surface area contributed by atoms with Crippen LogP contribution in [0.25, 0.3) is 0 Å². The molecule has 5 heteroatoms. The van der Waals surface area contributed by atoms with E-state index in [1.54, 1.807) is 0 Å². The maximum absolute atomic E-state index is 10.1. The van der Waals surface area contributed by atoms with Crippen LogP contribution in [0.15, 0.2) is 12.7 Å². The molecule has 0 aromatic carbocycles. The van der Waals surface area contributed by atoms with Crippen molar-refractivity contribution in [3.8, 4) is 0 Å². The van der Waals surface area contributed by atoms with Crippen LogP contribution in [0.4, 0.5) is 0 Å². The van der Waals surface area contributed by atoms with Gasteiger partial charge in [0.1, 0.15) is 6.10 Å². The number of aliphatic hydroxyl groups excluding tert-OH is 2. The van der Waals surface area contributed by atoms with E-state index in [-0.39, 0.29) is 29.8 Å². The van der Waals surface area contributed by atoms with Crippen molar-refractivity contribution in [2.24, 2.45) is 5.92 Å². The van der Waals surface area contributed by atoms with Gasteiger partial charge in [0.25, 0.3) is 0 Å². The quantitative estimate of drug-likeness (QED) is 0.605. The van der Waals surface area contributed by atoms with Gasteiger partial charge in [-0.05, 0) is 18.1 Å². The van der Waals surface area contributed by atoms with E-state index in [9.17, 15) is 10.2 Å². The van der Waals surface area contributed by atoms with Gasteiger partial charge in [0.2, 0.25) is 0 Å². The molecule has 1 fully saturated rings. The number of aliphatic hydroxyl groups is 2. The minimum atomic E-state index is -1.94. The van der Waals surface area contributed by atoms with Crippen molar-refractivity contribution in [1.29, 1.82) is 0 Å². The number of ether oxygens (including phenoxy) is 1. The summed E-state index contributed by atoms with van der Waals surface area (Å²) >= 11 is 0. The van der Waals surface area contributed by atoms with Crippen LogP contribution < -0.4 is 0 Å². The topological polar surface area (TPSA) is 58.9 Å². The van der Waals surface area contributed by atoms with Crippen LogP contribution in [0, 0.1) is 5.92 Å². The summed E-state index contributed by atoms with van der Waals surface area (Å²) in [5, 5.41) is 19.6. The third kappa shape index (κ3) is 4.39. The van der Waals surface area contributed by atoms with Gasteiger partial charge in [0.05, 0.1) is 24.9 Å². The van der Waals surface area contributed by atoms with Crippen LogP contribution in [0.2, 0.25) is 18.1 Å². The predicted molar refractivity (Wildman–Crippen MR) is 87.8 cm³/mol. The van der Waals surface area contributed by atoms with E-state index in [1.807, 2.05) is 13.0 Å². The fourth-order valence-corrected chi connectivity index (χ4v) is 3.68. The van der Waals surface area contributed by atoms with Gasteiger partial charge in [-0.15, -0.1) is 6.58 Å². The summed E-state index contributed by atoms with van der Waals surface area (Å²) in [5.74, 6) is 0.112. The Balaban J connectivity index is 2.93. The molecule has 0 radical (unpaired) electrons. The summed E-state index contributed by atoms with van der Waals surface area (Å²) in [6.45, 7) is 16.7. The van der Waals surface area contributed by atoms with Gasteiger partial charge in [-0.3, -0.25) is 0 Å². The van der Waals surface area contributed by atoms with Gasteiger partial charge in [0, 0.05) is 12.3 Å². The minimum absolute atomic E-state index is 0.105. The lowest BCUT2D eigenvalue weighted by Gasteiger charge is -2.46. The van der Waals surface area contributed by atoms with E-state index in [4.69, 9.17) is 9.16 Å². The summed E-state index contributed by atoms with van der Waals surface area (Å²) in [7, 11) is -1.94. The van der Waals surface area contributed by atoms with Crippen molar-refractivity contribution in [2.45, 2.75) is 76.7 Å². The molecule has 0 aliphatic carbocycles. The number of hydrogen-bond acceptors (Lipinski definition) is 4. The Hall–Kier alpha value is -0.203. The summed E-state index contributed by atoms with van der Waals surface area (Å²) in [5.41, 5.74) is 0. The highest BCUT2D eigenvalue weighted by molar-refractivity contribution is 6.74. The predicted octanol–water partition coefficient (Wildman–Crippen LogP) is 2.71. The third-order valence-electron chi connectivity index (χ3n) is 4.92. The van der Waals surface area contributed by atoms with Gasteiger partial charge in [0.15, 0.2) is 8.32 Å². The second kappa shape index (κ2) is 6.92. The first-order valence-corrected chi connectivity index (χ1v) is 10.7. The Labute approximate surface area is 130 Å². The highest BCUT2D eigenvalue weighted by Crippen LogP contribution is 2.40. The zero-order chi connectivity index (χ0) is 16.4. The fraction of sp³-hybridized carbons (Fsp3) is 0.875. The molecule has 2 N–H and O–H groups in total. The summed E-state index contributed by atoms with van der Waals surface area (Å²) in [4.78, 5) is 0. The second-order valence-electron chi connectivity index (χ2n) is 7.64. The molecule has 0 aromatic rings. The average molecular weight is 317 g/mol. The molecule has 1 rings (SSSR count). The van der Waals surface area contributed by atoms with Crippen molar-refractivity contribution >= 4 is 8.32 Å². The van der Waals surface area contributed by atoms with E-state index in [0.29, 0.717) is 6.42 Å². The molecule has 1 aliphatic heterocycles. The number of hydrogen-bond donors (Lipinski definition) is 2. The molecule has 1 saturated heterocycles. The van der Waals surface area contributed by atoms with Gasteiger partial charge >= 0.3 is 0 Å². The molecule has 21 heavy (non-hydrogen) atoms. The normalized spacial score (nSPS) is 32.8. The first-order chi connectivity index (χ1) is 9.53. The van der Waals surface area contributed by atoms with E-state index >= 15 is 0 Å². The van der Waals surface area contributed by atoms with E-state index in [1.165, 1.54) is 0 Å². The highest BCUT2D eigenvalue weighted by Gasteiger charge is 2.45. The maximum atomic E-state index is 10.1. The number of rotatable bonds is 5. The van der Waals surface area contributed by atoms with Gasteiger partial charge in [-0.2, -0.15) is 0 Å². The molecule has 5 atom stereocenters. The lowest BCUT2D eigenvalue weighted by Crippen LogP contribution is -2.56. The van der Waals surface area contributed by atoms with Crippen LogP contribution in [0.5, 0.6) is 0 Å². The maximum Gasteiger partial charge on any atom is 0.192 e. The summed E-state index contributed by atoms with van der Waals surface area (Å²) in [6, 6.07) is 0. The Morgan fingerprint density at radius 2 is 2.00 bits per heavy atom. The molecule has 0 amide bonds. The molecule has 1 heterocycles. The van der Waals surface area contributed by atoms with Gasteiger partial charge < -0.3 is 19.4 Å². The summed E-state index contributed by atoms with van der Waals surface area (Å²) in [6.07, 6.45) is 0.808. The van der Waals surface area contributed by atoms with E-state index in [0.717, 1.165) is 0 Å². The van der Waals surface area contributed by atoms with E-state index in [2.05, 4.69) is 40.4 Å². The smallest absolute Gasteiger partial charge is 0.192 e. The molecule has 0 spiro atoms. The Morgan fingerprint density at radius 1 is 1.43 bits per heavy atom. The molecule has 1 aliphatic rings. The van der Waals surface area contributed by atoms with Gasteiger partial charge in [-0.25, -0.2) is 0 Å². The average Bonchev–Trinajstić information content (AvgIpc) is 2.36. The second-order valence-corrected chi connectivity index (χ2v) is 12.4. The molecule has 0 bridgehead atoms. The Bertz CT molecular complexity index is 351. The van der Waals surface area contributed by atoms with Crippen LogP contribution in [-0.4, -0.2) is 49.6 Å². The lowest BCUT2D eigenvalue weighted by atomic mass is 9.91. The SMILES string of the molecule is C=C[C@H](C)[C@@H]1O[C@H](CO)[C@H](O)CC1O[Si](C)(C)C(C)(C)C. The first-order valence-electron chi connectivity index (χ1n) is 7.78. The van der Waals surface area contributed by atoms with Gasteiger partial charge in [-0.1, -0.05) is 33.8 Å². The van der Waals surface area contributed by atoms with Crippen molar-refractivity contribution in [1.82, 2.24) is 0 Å². The standard InChI is InChI=1S/C16H32O4Si/c1-8-11(2)15-13(9-12(18)14(10-17)19-15)20-21(6,7)16(3,4)5/h8,11-15,17-18H,1,9-10H2,2-7H3/t11-,12+,13?,14+,15-/m0/s1. The Kier molecular flexibility index (Phi) is 6.21.